The molecule has 0 radical (unpaired) electrons. The number of aliphatic imine (C=N–C) groups is 1. The molecule has 0 aromatic carbocycles. The van der Waals surface area contributed by atoms with Gasteiger partial charge in [0.25, 0.3) is 0 Å². The average molecular weight is 293 g/mol. The Balaban J connectivity index is 0. The van der Waals surface area contributed by atoms with Crippen molar-refractivity contribution >= 4 is 17.8 Å². The van der Waals surface area contributed by atoms with E-state index in [1.165, 1.54) is 0 Å². The third kappa shape index (κ3) is 12.2. The van der Waals surface area contributed by atoms with Crippen molar-refractivity contribution in [1.29, 1.82) is 0 Å². The Labute approximate surface area is 140 Å². The first-order chi connectivity index (χ1) is 8.97. The maximum atomic E-state index is 11.4. The van der Waals surface area contributed by atoms with Gasteiger partial charge in [-0.1, -0.05) is 31.9 Å². The van der Waals surface area contributed by atoms with Crippen LogP contribution in [0.2, 0.25) is 0 Å². The van der Waals surface area contributed by atoms with Crippen LogP contribution in [-0.4, -0.2) is 34.1 Å². The van der Waals surface area contributed by atoms with Crippen molar-refractivity contribution in [1.82, 2.24) is 0 Å². The Morgan fingerprint density at radius 2 is 1.95 bits per heavy atom. The number of carboxylic acids is 2. The molecule has 0 spiro atoms. The SMILES string of the molecule is CCCC/C=C/CC([O-])=N[C@@H](CCC(=O)O)C(=O)O.[Na+]. The van der Waals surface area contributed by atoms with Gasteiger partial charge >= 0.3 is 41.5 Å². The van der Waals surface area contributed by atoms with Crippen molar-refractivity contribution in [2.24, 2.45) is 4.99 Å². The number of carboxylic acid groups (broad SMARTS) is 2. The van der Waals surface area contributed by atoms with Gasteiger partial charge < -0.3 is 15.3 Å². The number of aliphatic carboxylic acids is 2. The van der Waals surface area contributed by atoms with Gasteiger partial charge in [0.1, 0.15) is 6.04 Å². The average Bonchev–Trinajstić information content (AvgIpc) is 2.33. The molecular formula is C13H20NNaO5. The molecule has 0 fully saturated rings. The Kier molecular flexibility index (Phi) is 14.1. The van der Waals surface area contributed by atoms with E-state index in [1.54, 1.807) is 6.08 Å². The fraction of sp³-hybridized carbons (Fsp3) is 0.615. The van der Waals surface area contributed by atoms with Crippen LogP contribution in [0.4, 0.5) is 0 Å². The van der Waals surface area contributed by atoms with Crippen molar-refractivity contribution in [3.8, 4) is 0 Å². The molecule has 0 amide bonds. The largest absolute Gasteiger partial charge is 1.00 e. The van der Waals surface area contributed by atoms with Crippen LogP contribution < -0.4 is 34.7 Å². The molecule has 7 heteroatoms. The predicted molar refractivity (Wildman–Crippen MR) is 69.0 cm³/mol. The summed E-state index contributed by atoms with van der Waals surface area (Å²) in [6.45, 7) is 2.06. The molecule has 0 bridgehead atoms. The van der Waals surface area contributed by atoms with Crippen LogP contribution in [0.3, 0.4) is 0 Å². The van der Waals surface area contributed by atoms with Gasteiger partial charge in [-0.25, -0.2) is 4.79 Å². The van der Waals surface area contributed by atoms with Crippen LogP contribution >= 0.6 is 0 Å². The van der Waals surface area contributed by atoms with Gasteiger partial charge in [-0.05, 0) is 25.2 Å². The summed E-state index contributed by atoms with van der Waals surface area (Å²) in [4.78, 5) is 24.7. The maximum absolute atomic E-state index is 11.4. The summed E-state index contributed by atoms with van der Waals surface area (Å²) in [5, 5.41) is 28.7. The van der Waals surface area contributed by atoms with Crippen molar-refractivity contribution in [3.63, 3.8) is 0 Å². The van der Waals surface area contributed by atoms with Crippen molar-refractivity contribution in [2.45, 2.75) is 51.5 Å². The topological polar surface area (TPSA) is 110 Å². The quantitative estimate of drug-likeness (QED) is 0.162. The summed E-state index contributed by atoms with van der Waals surface area (Å²) < 4.78 is 0. The third-order valence-corrected chi connectivity index (χ3v) is 2.40. The summed E-state index contributed by atoms with van der Waals surface area (Å²) in [6, 6.07) is -1.27. The first kappa shape index (κ1) is 21.4. The second-order valence-corrected chi connectivity index (χ2v) is 4.13. The summed E-state index contributed by atoms with van der Waals surface area (Å²) in [6.07, 6.45) is 6.08. The molecule has 0 rings (SSSR count). The molecule has 0 saturated carbocycles. The van der Waals surface area contributed by atoms with Gasteiger partial charge in [-0.3, -0.25) is 9.79 Å². The maximum Gasteiger partial charge on any atom is 1.00 e. The summed E-state index contributed by atoms with van der Waals surface area (Å²) in [7, 11) is 0. The van der Waals surface area contributed by atoms with Crippen LogP contribution in [0.1, 0.15) is 45.4 Å². The first-order valence-corrected chi connectivity index (χ1v) is 6.30. The third-order valence-electron chi connectivity index (χ3n) is 2.40. The fourth-order valence-corrected chi connectivity index (χ4v) is 1.35. The summed E-state index contributed by atoms with van der Waals surface area (Å²) in [5.41, 5.74) is 0. The number of hydrogen-bond donors (Lipinski definition) is 2. The number of rotatable bonds is 10. The van der Waals surface area contributed by atoms with Crippen molar-refractivity contribution < 1.29 is 54.5 Å². The Morgan fingerprint density at radius 3 is 2.45 bits per heavy atom. The van der Waals surface area contributed by atoms with Crippen LogP contribution in [0.15, 0.2) is 17.1 Å². The molecule has 0 aliphatic heterocycles. The molecule has 6 nitrogen and oxygen atoms in total. The van der Waals surface area contributed by atoms with Gasteiger partial charge in [0.15, 0.2) is 0 Å². The zero-order valence-electron chi connectivity index (χ0n) is 12.0. The molecule has 0 aromatic rings. The molecule has 2 N–H and O–H groups in total. The number of nitrogens with zero attached hydrogens (tertiary/aromatic N) is 1. The van der Waals surface area contributed by atoms with E-state index in [-0.39, 0.29) is 48.8 Å². The van der Waals surface area contributed by atoms with E-state index in [0.29, 0.717) is 0 Å². The monoisotopic (exact) mass is 293 g/mol. The minimum absolute atomic E-state index is 0. The normalized spacial score (nSPS) is 12.9. The van der Waals surface area contributed by atoms with E-state index in [2.05, 4.69) is 11.9 Å². The van der Waals surface area contributed by atoms with Gasteiger partial charge in [0.05, 0.1) is 0 Å². The van der Waals surface area contributed by atoms with Crippen LogP contribution in [-0.2, 0) is 9.59 Å². The minimum Gasteiger partial charge on any atom is -0.862 e. The van der Waals surface area contributed by atoms with E-state index in [0.717, 1.165) is 19.3 Å². The number of allylic oxidation sites excluding steroid dienone is 1. The van der Waals surface area contributed by atoms with Crippen LogP contribution in [0.25, 0.3) is 0 Å². The first-order valence-electron chi connectivity index (χ1n) is 6.30. The predicted octanol–water partition coefficient (Wildman–Crippen LogP) is -1.80. The smallest absolute Gasteiger partial charge is 0.862 e. The van der Waals surface area contributed by atoms with Gasteiger partial charge in [-0.2, -0.15) is 0 Å². The van der Waals surface area contributed by atoms with E-state index in [9.17, 15) is 14.7 Å². The molecular weight excluding hydrogens is 273 g/mol. The van der Waals surface area contributed by atoms with Crippen molar-refractivity contribution in [3.05, 3.63) is 12.2 Å². The Morgan fingerprint density at radius 1 is 1.30 bits per heavy atom. The molecule has 0 aliphatic rings. The molecule has 108 valence electrons. The molecule has 1 atom stereocenters. The zero-order valence-corrected chi connectivity index (χ0v) is 14.0. The second-order valence-electron chi connectivity index (χ2n) is 4.13. The Hall–Kier alpha value is -0.850. The number of carbonyl (C=O) groups is 2. The molecule has 20 heavy (non-hydrogen) atoms. The molecule has 0 unspecified atom stereocenters. The van der Waals surface area contributed by atoms with E-state index in [1.807, 2.05) is 6.08 Å². The van der Waals surface area contributed by atoms with E-state index >= 15 is 0 Å². The number of hydrogen-bond acceptors (Lipinski definition) is 4. The molecule has 0 saturated heterocycles. The van der Waals surface area contributed by atoms with Gasteiger partial charge in [0.2, 0.25) is 0 Å². The second kappa shape index (κ2) is 13.1. The fourth-order valence-electron chi connectivity index (χ4n) is 1.35. The van der Waals surface area contributed by atoms with Gasteiger partial charge in [0, 0.05) is 6.42 Å². The van der Waals surface area contributed by atoms with E-state index in [4.69, 9.17) is 10.2 Å². The number of unbranched alkanes of at least 4 members (excludes halogenated alkanes) is 2. The summed E-state index contributed by atoms with van der Waals surface area (Å²) >= 11 is 0. The Bertz CT molecular complexity index is 355. The van der Waals surface area contributed by atoms with Gasteiger partial charge in [-0.15, -0.1) is 0 Å². The minimum atomic E-state index is -1.27. The molecule has 0 aromatic heterocycles. The van der Waals surface area contributed by atoms with E-state index < -0.39 is 23.9 Å². The molecule has 0 aliphatic carbocycles. The van der Waals surface area contributed by atoms with Crippen LogP contribution in [0.5, 0.6) is 0 Å². The molecule has 0 heterocycles. The summed E-state index contributed by atoms with van der Waals surface area (Å²) in [5.74, 6) is -2.91. The van der Waals surface area contributed by atoms with Crippen LogP contribution in [0, 0.1) is 0 Å². The van der Waals surface area contributed by atoms with Crippen molar-refractivity contribution in [2.75, 3.05) is 0 Å². The zero-order chi connectivity index (χ0) is 14.7. The standard InChI is InChI=1S/C13H21NO5.Na/c1-2-3-4-5-6-7-11(15)14-10(13(18)19)8-9-12(16)17;/h5-6,10H,2-4,7-9H2,1H3,(H,14,15)(H,16,17)(H,18,19);/q;+1/p-1/b6-5+;/t10-;/m0./s1.